The van der Waals surface area contributed by atoms with Gasteiger partial charge in [0.05, 0.1) is 11.3 Å². The van der Waals surface area contributed by atoms with E-state index in [4.69, 9.17) is 9.84 Å². The van der Waals surface area contributed by atoms with Gasteiger partial charge in [0.15, 0.2) is 6.61 Å². The van der Waals surface area contributed by atoms with Crippen LogP contribution in [-0.4, -0.2) is 35.0 Å². The number of benzene rings is 2. The first-order valence-corrected chi connectivity index (χ1v) is 8.33. The van der Waals surface area contributed by atoms with E-state index in [-0.39, 0.29) is 17.2 Å². The summed E-state index contributed by atoms with van der Waals surface area (Å²) >= 11 is 0. The van der Waals surface area contributed by atoms with E-state index in [9.17, 15) is 14.4 Å². The molecule has 0 aliphatic heterocycles. The SMILES string of the molecule is CC(C)(C)NC(=O)c1ccccc1NC(=O)c1cccc(OCC(=O)O)c1. The molecule has 2 aromatic carbocycles. The van der Waals surface area contributed by atoms with Gasteiger partial charge in [-0.15, -0.1) is 0 Å². The molecular formula is C20H22N2O5. The minimum atomic E-state index is -1.11. The summed E-state index contributed by atoms with van der Waals surface area (Å²) in [5.41, 5.74) is 0.591. The number of hydrogen-bond acceptors (Lipinski definition) is 4. The zero-order valence-electron chi connectivity index (χ0n) is 15.4. The van der Waals surface area contributed by atoms with Crippen molar-refractivity contribution in [1.82, 2.24) is 5.32 Å². The molecular weight excluding hydrogens is 348 g/mol. The van der Waals surface area contributed by atoms with Crippen LogP contribution >= 0.6 is 0 Å². The van der Waals surface area contributed by atoms with Gasteiger partial charge in [-0.1, -0.05) is 18.2 Å². The molecule has 0 atom stereocenters. The number of hydrogen-bond donors (Lipinski definition) is 3. The Hall–Kier alpha value is -3.35. The predicted octanol–water partition coefficient (Wildman–Crippen LogP) is 2.93. The maximum Gasteiger partial charge on any atom is 0.341 e. The Balaban J connectivity index is 2.18. The Labute approximate surface area is 157 Å². The summed E-state index contributed by atoms with van der Waals surface area (Å²) in [5.74, 6) is -1.57. The molecule has 0 radical (unpaired) electrons. The third-order valence-corrected chi connectivity index (χ3v) is 3.37. The fourth-order valence-electron chi connectivity index (χ4n) is 2.26. The normalized spacial score (nSPS) is 10.8. The van der Waals surface area contributed by atoms with Crippen molar-refractivity contribution in [2.75, 3.05) is 11.9 Å². The highest BCUT2D eigenvalue weighted by Gasteiger charge is 2.19. The lowest BCUT2D eigenvalue weighted by Gasteiger charge is -2.21. The summed E-state index contributed by atoms with van der Waals surface area (Å²) in [6, 6.07) is 12.9. The highest BCUT2D eigenvalue weighted by atomic mass is 16.5. The molecule has 142 valence electrons. The predicted molar refractivity (Wildman–Crippen MR) is 101 cm³/mol. The van der Waals surface area contributed by atoms with E-state index >= 15 is 0 Å². The molecule has 0 aliphatic rings. The minimum absolute atomic E-state index is 0.267. The largest absolute Gasteiger partial charge is 0.482 e. The molecule has 27 heavy (non-hydrogen) atoms. The third-order valence-electron chi connectivity index (χ3n) is 3.37. The van der Waals surface area contributed by atoms with Crippen molar-refractivity contribution in [3.8, 4) is 5.75 Å². The Bertz CT molecular complexity index is 855. The van der Waals surface area contributed by atoms with E-state index < -0.39 is 24.0 Å². The lowest BCUT2D eigenvalue weighted by molar-refractivity contribution is -0.139. The summed E-state index contributed by atoms with van der Waals surface area (Å²) < 4.78 is 5.08. The van der Waals surface area contributed by atoms with Crippen LogP contribution in [0.25, 0.3) is 0 Å². The van der Waals surface area contributed by atoms with Crippen molar-refractivity contribution in [2.24, 2.45) is 0 Å². The topological polar surface area (TPSA) is 105 Å². The highest BCUT2D eigenvalue weighted by Crippen LogP contribution is 2.19. The fourth-order valence-corrected chi connectivity index (χ4v) is 2.26. The number of carbonyl (C=O) groups is 3. The number of carbonyl (C=O) groups excluding carboxylic acids is 2. The van der Waals surface area contributed by atoms with E-state index in [2.05, 4.69) is 10.6 Å². The van der Waals surface area contributed by atoms with Crippen LogP contribution in [0.1, 0.15) is 41.5 Å². The zero-order chi connectivity index (χ0) is 20.0. The Morgan fingerprint density at radius 3 is 2.37 bits per heavy atom. The van der Waals surface area contributed by atoms with E-state index in [1.807, 2.05) is 20.8 Å². The van der Waals surface area contributed by atoms with Crippen molar-refractivity contribution in [2.45, 2.75) is 26.3 Å². The highest BCUT2D eigenvalue weighted by molar-refractivity contribution is 6.09. The third kappa shape index (κ3) is 6.14. The van der Waals surface area contributed by atoms with Crippen molar-refractivity contribution in [3.05, 3.63) is 59.7 Å². The quantitative estimate of drug-likeness (QED) is 0.725. The first-order chi connectivity index (χ1) is 12.7. The van der Waals surface area contributed by atoms with Crippen LogP contribution in [0.15, 0.2) is 48.5 Å². The van der Waals surface area contributed by atoms with Gasteiger partial charge in [-0.2, -0.15) is 0 Å². The Morgan fingerprint density at radius 1 is 1.00 bits per heavy atom. The molecule has 2 rings (SSSR count). The van der Waals surface area contributed by atoms with E-state index in [1.165, 1.54) is 6.07 Å². The number of para-hydroxylation sites is 1. The lowest BCUT2D eigenvalue weighted by atomic mass is 10.1. The summed E-state index contributed by atoms with van der Waals surface area (Å²) in [6.07, 6.45) is 0. The van der Waals surface area contributed by atoms with Crippen molar-refractivity contribution < 1.29 is 24.2 Å². The molecule has 0 aliphatic carbocycles. The van der Waals surface area contributed by atoms with Gasteiger partial charge in [0.25, 0.3) is 11.8 Å². The summed E-state index contributed by atoms with van der Waals surface area (Å²) in [6.45, 7) is 5.11. The number of nitrogens with one attached hydrogen (secondary N) is 2. The maximum absolute atomic E-state index is 12.5. The lowest BCUT2D eigenvalue weighted by Crippen LogP contribution is -2.40. The fraction of sp³-hybridized carbons (Fsp3) is 0.250. The van der Waals surface area contributed by atoms with Crippen molar-refractivity contribution >= 4 is 23.5 Å². The molecule has 0 unspecified atom stereocenters. The van der Waals surface area contributed by atoms with Gasteiger partial charge < -0.3 is 20.5 Å². The zero-order valence-corrected chi connectivity index (χ0v) is 15.4. The average molecular weight is 370 g/mol. The molecule has 7 heteroatoms. The number of carboxylic acids is 1. The molecule has 7 nitrogen and oxygen atoms in total. The Morgan fingerprint density at radius 2 is 1.70 bits per heavy atom. The van der Waals surface area contributed by atoms with Crippen LogP contribution in [-0.2, 0) is 4.79 Å². The summed E-state index contributed by atoms with van der Waals surface area (Å²) in [7, 11) is 0. The maximum atomic E-state index is 12.5. The van der Waals surface area contributed by atoms with E-state index in [0.717, 1.165) is 0 Å². The molecule has 0 heterocycles. The second-order valence-corrected chi connectivity index (χ2v) is 6.91. The molecule has 0 saturated heterocycles. The van der Waals surface area contributed by atoms with Gasteiger partial charge in [0.1, 0.15) is 5.75 Å². The number of aliphatic carboxylic acids is 1. The van der Waals surface area contributed by atoms with Crippen LogP contribution in [0.2, 0.25) is 0 Å². The molecule has 0 saturated carbocycles. The first-order valence-electron chi connectivity index (χ1n) is 8.33. The molecule has 2 aromatic rings. The average Bonchev–Trinajstić information content (AvgIpc) is 2.59. The van der Waals surface area contributed by atoms with Crippen molar-refractivity contribution in [3.63, 3.8) is 0 Å². The smallest absolute Gasteiger partial charge is 0.341 e. The summed E-state index contributed by atoms with van der Waals surface area (Å²) in [5, 5.41) is 14.2. The molecule has 0 aromatic heterocycles. The molecule has 0 spiro atoms. The monoisotopic (exact) mass is 370 g/mol. The molecule has 0 fully saturated rings. The number of carboxylic acid groups (broad SMARTS) is 1. The molecule has 0 bridgehead atoms. The van der Waals surface area contributed by atoms with Gasteiger partial charge in [0, 0.05) is 11.1 Å². The Kier molecular flexibility index (Phi) is 6.18. The van der Waals surface area contributed by atoms with Crippen LogP contribution in [0.4, 0.5) is 5.69 Å². The standard InChI is InChI=1S/C20H22N2O5/c1-20(2,3)22-19(26)15-9-4-5-10-16(15)21-18(25)13-7-6-8-14(11-13)27-12-17(23)24/h4-11H,12H2,1-3H3,(H,21,25)(H,22,26)(H,23,24). The van der Waals surface area contributed by atoms with Crippen molar-refractivity contribution in [1.29, 1.82) is 0 Å². The number of rotatable bonds is 6. The minimum Gasteiger partial charge on any atom is -0.482 e. The van der Waals surface area contributed by atoms with Crippen LogP contribution < -0.4 is 15.4 Å². The summed E-state index contributed by atoms with van der Waals surface area (Å²) in [4.78, 5) is 35.6. The molecule has 3 N–H and O–H groups in total. The second kappa shape index (κ2) is 8.35. The molecule has 2 amide bonds. The number of amides is 2. The second-order valence-electron chi connectivity index (χ2n) is 6.91. The van der Waals surface area contributed by atoms with Crippen LogP contribution in [0, 0.1) is 0 Å². The van der Waals surface area contributed by atoms with Gasteiger partial charge in [-0.25, -0.2) is 4.79 Å². The van der Waals surface area contributed by atoms with Crippen LogP contribution in [0.5, 0.6) is 5.75 Å². The van der Waals surface area contributed by atoms with E-state index in [1.54, 1.807) is 42.5 Å². The van der Waals surface area contributed by atoms with Crippen LogP contribution in [0.3, 0.4) is 0 Å². The van der Waals surface area contributed by atoms with E-state index in [0.29, 0.717) is 11.3 Å². The first kappa shape index (κ1) is 20.0. The number of anilines is 1. The van der Waals surface area contributed by atoms with Gasteiger partial charge >= 0.3 is 5.97 Å². The number of ether oxygens (including phenoxy) is 1. The van der Waals surface area contributed by atoms with Gasteiger partial charge in [0.2, 0.25) is 0 Å². The van der Waals surface area contributed by atoms with Gasteiger partial charge in [-0.05, 0) is 51.1 Å². The van der Waals surface area contributed by atoms with Gasteiger partial charge in [-0.3, -0.25) is 9.59 Å².